The fourth-order valence-corrected chi connectivity index (χ4v) is 1.09. The van der Waals surface area contributed by atoms with Gasteiger partial charge in [-0.05, 0) is 12.8 Å². The molecule has 0 aromatic heterocycles. The van der Waals surface area contributed by atoms with E-state index in [2.05, 4.69) is 6.58 Å². The maximum atomic E-state index is 12.2. The molecule has 0 radical (unpaired) electrons. The molecule has 1 saturated heterocycles. The summed E-state index contributed by atoms with van der Waals surface area (Å²) >= 11 is 0. The van der Waals surface area contributed by atoms with Gasteiger partial charge < -0.3 is 4.90 Å². The smallest absolute Gasteiger partial charge is 0.281 e. The molecule has 2 nitrogen and oxygen atoms in total. The van der Waals surface area contributed by atoms with Gasteiger partial charge in [0.15, 0.2) is 5.83 Å². The fraction of sp³-hybridized carbons (Fsp3) is 0.571. The highest BCUT2D eigenvalue weighted by molar-refractivity contribution is 5.90. The molecule has 0 aromatic carbocycles. The Hall–Kier alpha value is -0.860. The first kappa shape index (κ1) is 7.25. The number of carbonyl (C=O) groups excluding carboxylic acids is 1. The molecular formula is C7H10FNO. The Bertz CT molecular complexity index is 161. The Morgan fingerprint density at radius 2 is 1.90 bits per heavy atom. The number of carbonyl (C=O) groups is 1. The van der Waals surface area contributed by atoms with Gasteiger partial charge in [-0.15, -0.1) is 0 Å². The minimum atomic E-state index is -0.845. The summed E-state index contributed by atoms with van der Waals surface area (Å²) in [4.78, 5) is 12.3. The van der Waals surface area contributed by atoms with E-state index in [0.717, 1.165) is 12.8 Å². The monoisotopic (exact) mass is 143 g/mol. The third-order valence-corrected chi connectivity index (χ3v) is 1.63. The molecule has 1 aliphatic rings. The van der Waals surface area contributed by atoms with Crippen LogP contribution in [0.25, 0.3) is 0 Å². The SMILES string of the molecule is C=C(F)C(=O)N1CCCC1. The summed E-state index contributed by atoms with van der Waals surface area (Å²) < 4.78 is 12.2. The number of hydrogen-bond acceptors (Lipinski definition) is 1. The predicted molar refractivity (Wildman–Crippen MR) is 36.1 cm³/mol. The first-order valence-electron chi connectivity index (χ1n) is 3.35. The molecule has 1 fully saturated rings. The van der Waals surface area contributed by atoms with E-state index in [-0.39, 0.29) is 0 Å². The van der Waals surface area contributed by atoms with Crippen LogP contribution in [0.5, 0.6) is 0 Å². The average Bonchev–Trinajstić information content (AvgIpc) is 2.36. The molecule has 0 aliphatic carbocycles. The van der Waals surface area contributed by atoms with E-state index in [0.29, 0.717) is 13.1 Å². The van der Waals surface area contributed by atoms with Gasteiger partial charge in [-0.2, -0.15) is 0 Å². The normalized spacial score (nSPS) is 17.5. The first-order valence-corrected chi connectivity index (χ1v) is 3.35. The predicted octanol–water partition coefficient (Wildman–Crippen LogP) is 1.09. The second-order valence-corrected chi connectivity index (χ2v) is 2.40. The number of likely N-dealkylation sites (tertiary alicyclic amines) is 1. The van der Waals surface area contributed by atoms with Gasteiger partial charge in [0.05, 0.1) is 0 Å². The standard InChI is InChI=1S/C7H10FNO/c1-6(8)7(10)9-4-2-3-5-9/h1-5H2. The Morgan fingerprint density at radius 3 is 2.30 bits per heavy atom. The van der Waals surface area contributed by atoms with E-state index < -0.39 is 11.7 Å². The molecule has 0 bridgehead atoms. The lowest BCUT2D eigenvalue weighted by atomic mass is 10.4. The third kappa shape index (κ3) is 1.35. The van der Waals surface area contributed by atoms with E-state index in [1.807, 2.05) is 0 Å². The summed E-state index contributed by atoms with van der Waals surface area (Å²) in [5, 5.41) is 0. The molecule has 1 aliphatic heterocycles. The quantitative estimate of drug-likeness (QED) is 0.503. The minimum Gasteiger partial charge on any atom is -0.337 e. The fourth-order valence-electron chi connectivity index (χ4n) is 1.09. The van der Waals surface area contributed by atoms with Crippen molar-refractivity contribution in [2.75, 3.05) is 13.1 Å². The molecule has 1 amide bonds. The zero-order valence-electron chi connectivity index (χ0n) is 5.77. The van der Waals surface area contributed by atoms with Crippen molar-refractivity contribution >= 4 is 5.91 Å². The van der Waals surface area contributed by atoms with Crippen LogP contribution in [0.2, 0.25) is 0 Å². The molecule has 1 rings (SSSR count). The molecule has 0 saturated carbocycles. The van der Waals surface area contributed by atoms with Gasteiger partial charge in [-0.25, -0.2) is 4.39 Å². The van der Waals surface area contributed by atoms with Crippen molar-refractivity contribution in [3.05, 3.63) is 12.4 Å². The van der Waals surface area contributed by atoms with Gasteiger partial charge in [0.1, 0.15) is 0 Å². The number of hydrogen-bond donors (Lipinski definition) is 0. The maximum absolute atomic E-state index is 12.2. The van der Waals surface area contributed by atoms with Crippen molar-refractivity contribution in [1.29, 1.82) is 0 Å². The van der Waals surface area contributed by atoms with Gasteiger partial charge in [0.2, 0.25) is 0 Å². The maximum Gasteiger partial charge on any atom is 0.281 e. The van der Waals surface area contributed by atoms with E-state index in [9.17, 15) is 9.18 Å². The summed E-state index contributed by atoms with van der Waals surface area (Å²) in [6.07, 6.45) is 1.97. The minimum absolute atomic E-state index is 0.544. The van der Waals surface area contributed by atoms with Gasteiger partial charge in [0.25, 0.3) is 5.91 Å². The highest BCUT2D eigenvalue weighted by atomic mass is 19.1. The van der Waals surface area contributed by atoms with Crippen LogP contribution in [-0.4, -0.2) is 23.9 Å². The molecule has 0 unspecified atom stereocenters. The largest absolute Gasteiger partial charge is 0.337 e. The molecule has 1 heterocycles. The molecular weight excluding hydrogens is 133 g/mol. The van der Waals surface area contributed by atoms with E-state index in [1.54, 1.807) is 0 Å². The van der Waals surface area contributed by atoms with Crippen LogP contribution in [0.3, 0.4) is 0 Å². The van der Waals surface area contributed by atoms with Crippen LogP contribution in [-0.2, 0) is 4.79 Å². The number of nitrogens with zero attached hydrogens (tertiary/aromatic N) is 1. The summed E-state index contributed by atoms with van der Waals surface area (Å²) in [5.74, 6) is -1.39. The molecule has 3 heteroatoms. The lowest BCUT2D eigenvalue weighted by Crippen LogP contribution is -2.27. The second-order valence-electron chi connectivity index (χ2n) is 2.40. The molecule has 0 spiro atoms. The van der Waals surface area contributed by atoms with Crippen molar-refractivity contribution in [2.24, 2.45) is 0 Å². The van der Waals surface area contributed by atoms with Crippen molar-refractivity contribution in [1.82, 2.24) is 4.90 Å². The van der Waals surface area contributed by atoms with Gasteiger partial charge >= 0.3 is 0 Å². The average molecular weight is 143 g/mol. The Balaban J connectivity index is 2.48. The zero-order valence-corrected chi connectivity index (χ0v) is 5.77. The molecule has 0 N–H and O–H groups in total. The van der Waals surface area contributed by atoms with Crippen molar-refractivity contribution in [2.45, 2.75) is 12.8 Å². The summed E-state index contributed by atoms with van der Waals surface area (Å²) in [6.45, 7) is 4.31. The van der Waals surface area contributed by atoms with E-state index in [1.165, 1.54) is 4.90 Å². The molecule has 56 valence electrons. The van der Waals surface area contributed by atoms with Crippen molar-refractivity contribution < 1.29 is 9.18 Å². The Morgan fingerprint density at radius 1 is 1.40 bits per heavy atom. The molecule has 0 atom stereocenters. The molecule has 10 heavy (non-hydrogen) atoms. The van der Waals surface area contributed by atoms with Gasteiger partial charge in [0, 0.05) is 13.1 Å². The lowest BCUT2D eigenvalue weighted by Gasteiger charge is -2.12. The van der Waals surface area contributed by atoms with Crippen LogP contribution < -0.4 is 0 Å². The van der Waals surface area contributed by atoms with Gasteiger partial charge in [-0.3, -0.25) is 4.79 Å². The zero-order chi connectivity index (χ0) is 7.56. The van der Waals surface area contributed by atoms with Crippen molar-refractivity contribution in [3.8, 4) is 0 Å². The summed E-state index contributed by atoms with van der Waals surface area (Å²) in [7, 11) is 0. The van der Waals surface area contributed by atoms with Crippen LogP contribution >= 0.6 is 0 Å². The summed E-state index contributed by atoms with van der Waals surface area (Å²) in [5.41, 5.74) is 0. The molecule has 0 aromatic rings. The van der Waals surface area contributed by atoms with Crippen molar-refractivity contribution in [3.63, 3.8) is 0 Å². The summed E-state index contributed by atoms with van der Waals surface area (Å²) in [6, 6.07) is 0. The Labute approximate surface area is 59.3 Å². The Kier molecular flexibility index (Phi) is 2.04. The van der Waals surface area contributed by atoms with E-state index >= 15 is 0 Å². The van der Waals surface area contributed by atoms with Gasteiger partial charge in [-0.1, -0.05) is 6.58 Å². The van der Waals surface area contributed by atoms with Crippen LogP contribution in [0.15, 0.2) is 12.4 Å². The highest BCUT2D eigenvalue weighted by Crippen LogP contribution is 2.10. The van der Waals surface area contributed by atoms with Crippen LogP contribution in [0.4, 0.5) is 4.39 Å². The third-order valence-electron chi connectivity index (χ3n) is 1.63. The van der Waals surface area contributed by atoms with E-state index in [4.69, 9.17) is 0 Å². The number of rotatable bonds is 1. The van der Waals surface area contributed by atoms with Crippen LogP contribution in [0.1, 0.15) is 12.8 Å². The number of halogens is 1. The first-order chi connectivity index (χ1) is 4.72. The highest BCUT2D eigenvalue weighted by Gasteiger charge is 2.19. The second kappa shape index (κ2) is 2.82. The van der Waals surface area contributed by atoms with Crippen LogP contribution in [0, 0.1) is 0 Å². The lowest BCUT2D eigenvalue weighted by molar-refractivity contribution is -0.127. The topological polar surface area (TPSA) is 20.3 Å². The number of amides is 1.